The van der Waals surface area contributed by atoms with Crippen molar-refractivity contribution < 1.29 is 13.9 Å². The van der Waals surface area contributed by atoms with Crippen molar-refractivity contribution in [2.45, 2.75) is 0 Å². The van der Waals surface area contributed by atoms with Crippen LogP contribution >= 0.6 is 0 Å². The molecule has 0 fully saturated rings. The molecule has 3 aromatic rings. The summed E-state index contributed by atoms with van der Waals surface area (Å²) in [7, 11) is 0. The first-order valence-corrected chi connectivity index (χ1v) is 8.03. The molecule has 7 heteroatoms. The van der Waals surface area contributed by atoms with Crippen molar-refractivity contribution in [1.82, 2.24) is 15.5 Å². The number of hydrogen-bond acceptors (Lipinski definition) is 4. The third-order valence-corrected chi connectivity index (χ3v) is 3.43. The Bertz CT molecular complexity index is 857. The minimum Gasteiger partial charge on any atom is -0.475 e. The van der Waals surface area contributed by atoms with Gasteiger partial charge >= 0.3 is 6.03 Å². The van der Waals surface area contributed by atoms with Crippen LogP contribution in [-0.4, -0.2) is 29.4 Å². The number of nitrogens with one attached hydrogen (secondary N) is 2. The molecule has 6 nitrogen and oxygen atoms in total. The van der Waals surface area contributed by atoms with E-state index in [1.807, 2.05) is 36.4 Å². The highest BCUT2D eigenvalue weighted by Gasteiger charge is 2.04. The smallest absolute Gasteiger partial charge is 0.319 e. The zero-order valence-electron chi connectivity index (χ0n) is 13.9. The van der Waals surface area contributed by atoms with E-state index < -0.39 is 11.8 Å². The van der Waals surface area contributed by atoms with Crippen LogP contribution < -0.4 is 15.4 Å². The molecule has 0 radical (unpaired) electrons. The molecular weight excluding hydrogens is 335 g/mol. The maximum Gasteiger partial charge on any atom is 0.319 e. The van der Waals surface area contributed by atoms with Gasteiger partial charge in [-0.25, -0.2) is 9.18 Å². The number of anilines is 1. The van der Waals surface area contributed by atoms with Gasteiger partial charge in [0.1, 0.15) is 12.4 Å². The molecule has 0 aliphatic heterocycles. The molecule has 1 aromatic heterocycles. The second kappa shape index (κ2) is 8.57. The fourth-order valence-corrected chi connectivity index (χ4v) is 2.22. The van der Waals surface area contributed by atoms with Gasteiger partial charge in [-0.3, -0.25) is 0 Å². The third kappa shape index (κ3) is 5.01. The zero-order chi connectivity index (χ0) is 18.2. The first-order chi connectivity index (χ1) is 12.7. The SMILES string of the molecule is O=C(NCCOc1ccc(-c2ccccc2)nn1)Nc1cccc(F)c1. The van der Waals surface area contributed by atoms with Gasteiger partial charge in [0.05, 0.1) is 12.2 Å². The number of rotatable bonds is 6. The van der Waals surface area contributed by atoms with Crippen molar-refractivity contribution in [2.75, 3.05) is 18.5 Å². The number of halogens is 1. The van der Waals surface area contributed by atoms with Crippen molar-refractivity contribution >= 4 is 11.7 Å². The Morgan fingerprint density at radius 2 is 1.85 bits per heavy atom. The molecule has 3 rings (SSSR count). The Kier molecular flexibility index (Phi) is 5.72. The molecule has 0 aliphatic rings. The fourth-order valence-electron chi connectivity index (χ4n) is 2.22. The lowest BCUT2D eigenvalue weighted by Gasteiger charge is -2.08. The van der Waals surface area contributed by atoms with Crippen LogP contribution in [0.4, 0.5) is 14.9 Å². The van der Waals surface area contributed by atoms with Crippen LogP contribution in [0, 0.1) is 5.82 Å². The summed E-state index contributed by atoms with van der Waals surface area (Å²) < 4.78 is 18.5. The molecule has 2 N–H and O–H groups in total. The summed E-state index contributed by atoms with van der Waals surface area (Å²) in [6.07, 6.45) is 0. The largest absolute Gasteiger partial charge is 0.475 e. The van der Waals surface area contributed by atoms with Gasteiger partial charge in [-0.05, 0) is 24.3 Å². The van der Waals surface area contributed by atoms with E-state index in [1.54, 1.807) is 12.1 Å². The Morgan fingerprint density at radius 1 is 1.00 bits per heavy atom. The molecule has 0 unspecified atom stereocenters. The molecule has 1 heterocycles. The van der Waals surface area contributed by atoms with Gasteiger partial charge in [0.25, 0.3) is 0 Å². The van der Waals surface area contributed by atoms with Gasteiger partial charge in [-0.2, -0.15) is 0 Å². The summed E-state index contributed by atoms with van der Waals surface area (Å²) in [4.78, 5) is 11.7. The summed E-state index contributed by atoms with van der Waals surface area (Å²) >= 11 is 0. The Labute approximate surface area is 150 Å². The molecular formula is C19H17FN4O2. The summed E-state index contributed by atoms with van der Waals surface area (Å²) in [6, 6.07) is 18.5. The zero-order valence-corrected chi connectivity index (χ0v) is 13.9. The van der Waals surface area contributed by atoms with E-state index in [4.69, 9.17) is 4.74 Å². The van der Waals surface area contributed by atoms with Crippen LogP contribution in [0.3, 0.4) is 0 Å². The summed E-state index contributed by atoms with van der Waals surface area (Å²) in [6.45, 7) is 0.499. The maximum atomic E-state index is 13.0. The van der Waals surface area contributed by atoms with Crippen LogP contribution in [0.15, 0.2) is 66.7 Å². The second-order valence-electron chi connectivity index (χ2n) is 5.36. The fraction of sp³-hybridized carbons (Fsp3) is 0.105. The quantitative estimate of drug-likeness (QED) is 0.666. The number of ether oxygens (including phenoxy) is 1. The van der Waals surface area contributed by atoms with Crippen molar-refractivity contribution in [3.8, 4) is 17.1 Å². The Balaban J connectivity index is 1.41. The number of carbonyl (C=O) groups is 1. The molecule has 0 saturated heterocycles. The highest BCUT2D eigenvalue weighted by molar-refractivity contribution is 5.89. The first kappa shape index (κ1) is 17.3. The Morgan fingerprint density at radius 3 is 2.58 bits per heavy atom. The van der Waals surface area contributed by atoms with Gasteiger partial charge in [-0.15, -0.1) is 10.2 Å². The van der Waals surface area contributed by atoms with Gasteiger partial charge in [0, 0.05) is 17.3 Å². The van der Waals surface area contributed by atoms with Crippen molar-refractivity contribution in [1.29, 1.82) is 0 Å². The lowest BCUT2D eigenvalue weighted by atomic mass is 10.1. The van der Waals surface area contributed by atoms with Crippen molar-refractivity contribution in [3.63, 3.8) is 0 Å². The van der Waals surface area contributed by atoms with E-state index in [1.165, 1.54) is 18.2 Å². The van der Waals surface area contributed by atoms with Crippen LogP contribution in [0.1, 0.15) is 0 Å². The number of urea groups is 1. The van der Waals surface area contributed by atoms with Crippen LogP contribution in [0.5, 0.6) is 5.88 Å². The minimum atomic E-state index is -0.440. The number of nitrogens with zero attached hydrogens (tertiary/aromatic N) is 2. The molecule has 132 valence electrons. The number of benzene rings is 2. The van der Waals surface area contributed by atoms with Gasteiger partial charge in [-0.1, -0.05) is 36.4 Å². The van der Waals surface area contributed by atoms with E-state index >= 15 is 0 Å². The van der Waals surface area contributed by atoms with Gasteiger partial charge < -0.3 is 15.4 Å². The van der Waals surface area contributed by atoms with Crippen molar-refractivity contribution in [2.24, 2.45) is 0 Å². The molecule has 0 saturated carbocycles. The summed E-state index contributed by atoms with van der Waals surface area (Å²) in [5.41, 5.74) is 2.11. The lowest BCUT2D eigenvalue weighted by molar-refractivity contribution is 0.246. The average molecular weight is 352 g/mol. The predicted octanol–water partition coefficient (Wildman–Crippen LogP) is 3.48. The highest BCUT2D eigenvalue weighted by Crippen LogP contribution is 2.16. The number of aromatic nitrogens is 2. The van der Waals surface area contributed by atoms with Gasteiger partial charge in [0.2, 0.25) is 5.88 Å². The van der Waals surface area contributed by atoms with E-state index in [2.05, 4.69) is 20.8 Å². The minimum absolute atomic E-state index is 0.232. The molecule has 0 atom stereocenters. The predicted molar refractivity (Wildman–Crippen MR) is 96.4 cm³/mol. The molecule has 2 aromatic carbocycles. The van der Waals surface area contributed by atoms with E-state index in [0.29, 0.717) is 11.6 Å². The monoisotopic (exact) mass is 352 g/mol. The topological polar surface area (TPSA) is 76.1 Å². The first-order valence-electron chi connectivity index (χ1n) is 8.03. The maximum absolute atomic E-state index is 13.0. The average Bonchev–Trinajstić information content (AvgIpc) is 2.66. The van der Waals surface area contributed by atoms with Crippen LogP contribution in [0.2, 0.25) is 0 Å². The molecule has 0 aliphatic carbocycles. The Hall–Kier alpha value is -3.48. The van der Waals surface area contributed by atoms with E-state index in [9.17, 15) is 9.18 Å². The highest BCUT2D eigenvalue weighted by atomic mass is 19.1. The standard InChI is InChI=1S/C19H17FN4O2/c20-15-7-4-8-16(13-15)22-19(25)21-11-12-26-18-10-9-17(23-24-18)14-5-2-1-3-6-14/h1-10,13H,11-12H2,(H2,21,22,25). The number of hydrogen-bond donors (Lipinski definition) is 2. The summed E-state index contributed by atoms with van der Waals surface area (Å²) in [5.74, 6) is -0.0410. The number of carbonyl (C=O) groups excluding carboxylic acids is 1. The van der Waals surface area contributed by atoms with Gasteiger partial charge in [0.15, 0.2) is 0 Å². The lowest BCUT2D eigenvalue weighted by Crippen LogP contribution is -2.32. The van der Waals surface area contributed by atoms with Crippen LogP contribution in [0.25, 0.3) is 11.3 Å². The molecule has 2 amide bonds. The second-order valence-corrected chi connectivity index (χ2v) is 5.36. The summed E-state index contributed by atoms with van der Waals surface area (Å²) in [5, 5.41) is 13.3. The van der Waals surface area contributed by atoms with E-state index in [0.717, 1.165) is 11.3 Å². The number of amides is 2. The third-order valence-electron chi connectivity index (χ3n) is 3.43. The van der Waals surface area contributed by atoms with Crippen LogP contribution in [-0.2, 0) is 0 Å². The molecule has 0 bridgehead atoms. The normalized spacial score (nSPS) is 10.2. The van der Waals surface area contributed by atoms with E-state index in [-0.39, 0.29) is 13.2 Å². The molecule has 26 heavy (non-hydrogen) atoms. The van der Waals surface area contributed by atoms with Crippen molar-refractivity contribution in [3.05, 3.63) is 72.5 Å². The molecule has 0 spiro atoms.